The van der Waals surface area contributed by atoms with Crippen LogP contribution in [0.1, 0.15) is 13.8 Å². The lowest BCUT2D eigenvalue weighted by atomic mass is 10.3. The Kier molecular flexibility index (Phi) is 5.00. The zero-order valence-corrected chi connectivity index (χ0v) is 12.1. The van der Waals surface area contributed by atoms with Gasteiger partial charge in [0.2, 0.25) is 0 Å². The summed E-state index contributed by atoms with van der Waals surface area (Å²) in [5, 5.41) is 0. The third-order valence-corrected chi connectivity index (χ3v) is 3.69. The molecule has 2 aromatic carbocycles. The second kappa shape index (κ2) is 6.97. The van der Waals surface area contributed by atoms with Gasteiger partial charge in [-0.1, -0.05) is 36.4 Å². The van der Waals surface area contributed by atoms with Crippen LogP contribution in [-0.4, -0.2) is 15.6 Å². The first-order valence-corrected chi connectivity index (χ1v) is 7.46. The van der Waals surface area contributed by atoms with E-state index in [0.29, 0.717) is 0 Å². The molecule has 0 N–H and O–H groups in total. The van der Waals surface area contributed by atoms with Gasteiger partial charge in [0.15, 0.2) is 0 Å². The van der Waals surface area contributed by atoms with E-state index < -0.39 is 9.53 Å². The normalized spacial score (nSPS) is 10.7. The molecule has 3 nitrogen and oxygen atoms in total. The minimum absolute atomic E-state index is 0.0568. The van der Waals surface area contributed by atoms with Gasteiger partial charge in [0, 0.05) is 6.10 Å². The summed E-state index contributed by atoms with van der Waals surface area (Å²) in [6.45, 7) is 3.93. The number of hydrogen-bond donors (Lipinski definition) is 0. The Bertz CT molecular complexity index is 432. The van der Waals surface area contributed by atoms with Gasteiger partial charge in [-0.2, -0.15) is 0 Å². The second-order valence-corrected chi connectivity index (χ2v) is 5.39. The van der Waals surface area contributed by atoms with Gasteiger partial charge in [-0.05, 0) is 38.1 Å². The lowest BCUT2D eigenvalue weighted by molar-refractivity contribution is 0.154. The van der Waals surface area contributed by atoms with Crippen LogP contribution in [0.5, 0.6) is 11.5 Å². The first kappa shape index (κ1) is 13.6. The van der Waals surface area contributed by atoms with Crippen molar-refractivity contribution in [2.24, 2.45) is 0 Å². The second-order valence-electron chi connectivity index (χ2n) is 4.25. The highest BCUT2D eigenvalue weighted by molar-refractivity contribution is 6.38. The molecular formula is C15H17O3Si. The highest BCUT2D eigenvalue weighted by atomic mass is 28.3. The highest BCUT2D eigenvalue weighted by Crippen LogP contribution is 2.15. The zero-order valence-electron chi connectivity index (χ0n) is 11.1. The van der Waals surface area contributed by atoms with Crippen LogP contribution >= 0.6 is 0 Å². The van der Waals surface area contributed by atoms with E-state index in [-0.39, 0.29) is 6.10 Å². The van der Waals surface area contributed by atoms with Crippen LogP contribution in [0.3, 0.4) is 0 Å². The first-order chi connectivity index (χ1) is 9.24. The molecule has 1 radical (unpaired) electrons. The molecule has 0 aliphatic carbocycles. The summed E-state index contributed by atoms with van der Waals surface area (Å²) in [5.41, 5.74) is 0. The fourth-order valence-electron chi connectivity index (χ4n) is 1.43. The molecule has 0 unspecified atom stereocenters. The van der Waals surface area contributed by atoms with Gasteiger partial charge in [-0.15, -0.1) is 0 Å². The standard InChI is InChI=1S/C15H17O3Si/c1-13(2)16-19(17-14-9-5-3-6-10-14)18-15-11-7-4-8-12-15/h3-13H,1-2H3. The van der Waals surface area contributed by atoms with Gasteiger partial charge in [0.05, 0.1) is 0 Å². The third kappa shape index (κ3) is 4.77. The lowest BCUT2D eigenvalue weighted by Gasteiger charge is -2.17. The molecule has 99 valence electrons. The molecule has 0 aromatic heterocycles. The van der Waals surface area contributed by atoms with E-state index in [1.165, 1.54) is 0 Å². The average molecular weight is 273 g/mol. The number of para-hydroxylation sites is 2. The molecule has 0 saturated carbocycles. The zero-order chi connectivity index (χ0) is 13.5. The van der Waals surface area contributed by atoms with Crippen molar-refractivity contribution in [3.63, 3.8) is 0 Å². The maximum absolute atomic E-state index is 5.79. The molecule has 0 spiro atoms. The SMILES string of the molecule is CC(C)O[Si](Oc1ccccc1)Oc1ccccc1. The molecule has 0 heterocycles. The van der Waals surface area contributed by atoms with E-state index in [1.54, 1.807) is 0 Å². The molecule has 0 fully saturated rings. The van der Waals surface area contributed by atoms with Crippen molar-refractivity contribution in [3.8, 4) is 11.5 Å². The van der Waals surface area contributed by atoms with Crippen molar-refractivity contribution in [1.29, 1.82) is 0 Å². The summed E-state index contributed by atoms with van der Waals surface area (Å²) in [6, 6.07) is 19.1. The van der Waals surface area contributed by atoms with E-state index in [0.717, 1.165) is 11.5 Å². The molecule has 2 rings (SSSR count). The minimum Gasteiger partial charge on any atom is -0.489 e. The summed E-state index contributed by atoms with van der Waals surface area (Å²) in [6.07, 6.45) is 0.0568. The van der Waals surface area contributed by atoms with Crippen LogP contribution in [0.4, 0.5) is 0 Å². The van der Waals surface area contributed by atoms with Crippen molar-refractivity contribution in [3.05, 3.63) is 60.7 Å². The van der Waals surface area contributed by atoms with Crippen molar-refractivity contribution in [2.45, 2.75) is 20.0 Å². The van der Waals surface area contributed by atoms with E-state index in [2.05, 4.69) is 0 Å². The Balaban J connectivity index is 2.03. The van der Waals surface area contributed by atoms with Crippen molar-refractivity contribution < 1.29 is 13.3 Å². The summed E-state index contributed by atoms with van der Waals surface area (Å²) in [4.78, 5) is 0. The van der Waals surface area contributed by atoms with Gasteiger partial charge in [0.25, 0.3) is 0 Å². The molecule has 0 aliphatic rings. The van der Waals surface area contributed by atoms with Crippen LogP contribution in [-0.2, 0) is 4.43 Å². The summed E-state index contributed by atoms with van der Waals surface area (Å²) >= 11 is 0. The predicted molar refractivity (Wildman–Crippen MR) is 76.1 cm³/mol. The van der Waals surface area contributed by atoms with Crippen molar-refractivity contribution in [1.82, 2.24) is 0 Å². The lowest BCUT2D eigenvalue weighted by Crippen LogP contribution is -2.36. The van der Waals surface area contributed by atoms with Crippen LogP contribution in [0, 0.1) is 0 Å². The van der Waals surface area contributed by atoms with Gasteiger partial charge in [0.1, 0.15) is 11.5 Å². The monoisotopic (exact) mass is 273 g/mol. The predicted octanol–water partition coefficient (Wildman–Crippen LogP) is 3.55. The van der Waals surface area contributed by atoms with Gasteiger partial charge in [-0.3, -0.25) is 0 Å². The average Bonchev–Trinajstić information content (AvgIpc) is 2.40. The summed E-state index contributed by atoms with van der Waals surface area (Å²) < 4.78 is 17.3. The highest BCUT2D eigenvalue weighted by Gasteiger charge is 2.26. The molecule has 0 bridgehead atoms. The van der Waals surface area contributed by atoms with Crippen LogP contribution in [0.15, 0.2) is 60.7 Å². The van der Waals surface area contributed by atoms with E-state index >= 15 is 0 Å². The summed E-state index contributed by atoms with van der Waals surface area (Å²) in [5.74, 6) is 1.51. The Hall–Kier alpha value is -1.78. The maximum Gasteiger partial charge on any atom is 0.736 e. The van der Waals surface area contributed by atoms with E-state index in [9.17, 15) is 0 Å². The van der Waals surface area contributed by atoms with Crippen LogP contribution < -0.4 is 8.85 Å². The van der Waals surface area contributed by atoms with Crippen molar-refractivity contribution in [2.75, 3.05) is 0 Å². The Morgan fingerprint density at radius 2 is 1.16 bits per heavy atom. The molecule has 0 saturated heterocycles. The number of benzene rings is 2. The number of rotatable bonds is 6. The summed E-state index contributed by atoms with van der Waals surface area (Å²) in [7, 11) is -1.85. The Morgan fingerprint density at radius 1 is 0.737 bits per heavy atom. The number of hydrogen-bond acceptors (Lipinski definition) is 3. The van der Waals surface area contributed by atoms with E-state index in [4.69, 9.17) is 13.3 Å². The Morgan fingerprint density at radius 3 is 1.53 bits per heavy atom. The minimum atomic E-state index is -1.85. The largest absolute Gasteiger partial charge is 0.736 e. The third-order valence-electron chi connectivity index (χ3n) is 2.22. The molecular weight excluding hydrogens is 256 g/mol. The van der Waals surface area contributed by atoms with Crippen LogP contribution in [0.2, 0.25) is 0 Å². The maximum atomic E-state index is 5.79. The quantitative estimate of drug-likeness (QED) is 0.753. The Labute approximate surface area is 115 Å². The van der Waals surface area contributed by atoms with Gasteiger partial charge < -0.3 is 13.3 Å². The molecule has 0 aliphatic heterocycles. The topological polar surface area (TPSA) is 27.7 Å². The van der Waals surface area contributed by atoms with Crippen LogP contribution in [0.25, 0.3) is 0 Å². The fraction of sp³-hybridized carbons (Fsp3) is 0.200. The molecule has 19 heavy (non-hydrogen) atoms. The van der Waals surface area contributed by atoms with Crippen molar-refractivity contribution >= 4 is 9.53 Å². The molecule has 4 heteroatoms. The van der Waals surface area contributed by atoms with E-state index in [1.807, 2.05) is 74.5 Å². The van der Waals surface area contributed by atoms with Gasteiger partial charge in [-0.25, -0.2) is 0 Å². The fourth-order valence-corrected chi connectivity index (χ4v) is 2.61. The first-order valence-electron chi connectivity index (χ1n) is 6.23. The molecule has 2 aromatic rings. The van der Waals surface area contributed by atoms with Gasteiger partial charge >= 0.3 is 9.53 Å². The molecule has 0 atom stereocenters. The smallest absolute Gasteiger partial charge is 0.489 e. The molecule has 0 amide bonds.